The van der Waals surface area contributed by atoms with E-state index in [0.29, 0.717) is 21.8 Å². The zero-order chi connectivity index (χ0) is 13.6. The second kappa shape index (κ2) is 5.53. The molecule has 0 spiro atoms. The molecule has 20 heavy (non-hydrogen) atoms. The summed E-state index contributed by atoms with van der Waals surface area (Å²) < 4.78 is 2.16. The number of nitrogens with one attached hydrogen (secondary N) is 1. The molecule has 0 aliphatic rings. The minimum Gasteiger partial charge on any atom is -0.504 e. The SMILES string of the molecule is Cc1cc(=S)n2[nH]c(-c3ccc(O)c(O)c3)nc2n1.[Na]. The molecular weight excluding hydrogens is 287 g/mol. The first-order chi connectivity index (χ1) is 9.04. The molecule has 3 rings (SSSR count). The summed E-state index contributed by atoms with van der Waals surface area (Å²) in [6.07, 6.45) is 0. The maximum atomic E-state index is 9.50. The predicted octanol–water partition coefficient (Wildman–Crippen LogP) is 1.79. The van der Waals surface area contributed by atoms with Gasteiger partial charge in [-0.25, -0.2) is 9.50 Å². The zero-order valence-electron chi connectivity index (χ0n) is 11.0. The molecule has 1 radical (unpaired) electrons. The van der Waals surface area contributed by atoms with Crippen molar-refractivity contribution < 1.29 is 10.2 Å². The number of hydrogen-bond acceptors (Lipinski definition) is 5. The van der Waals surface area contributed by atoms with E-state index in [4.69, 9.17) is 12.2 Å². The number of rotatable bonds is 1. The van der Waals surface area contributed by atoms with Crippen molar-refractivity contribution in [3.63, 3.8) is 0 Å². The number of nitrogens with zero attached hydrogens (tertiary/aromatic N) is 3. The van der Waals surface area contributed by atoms with E-state index in [1.54, 1.807) is 16.6 Å². The predicted molar refractivity (Wildman–Crippen MR) is 77.4 cm³/mol. The van der Waals surface area contributed by atoms with Crippen LogP contribution in [0.25, 0.3) is 17.2 Å². The quantitative estimate of drug-likeness (QED) is 0.362. The molecule has 97 valence electrons. The van der Waals surface area contributed by atoms with Crippen molar-refractivity contribution >= 4 is 47.6 Å². The number of hydrogen-bond donors (Lipinski definition) is 3. The van der Waals surface area contributed by atoms with Gasteiger partial charge in [-0.2, -0.15) is 4.98 Å². The third-order valence-electron chi connectivity index (χ3n) is 2.71. The van der Waals surface area contributed by atoms with Crippen LogP contribution in [0.1, 0.15) is 5.69 Å². The molecule has 8 heteroatoms. The summed E-state index contributed by atoms with van der Waals surface area (Å²) in [6.45, 7) is 1.84. The smallest absolute Gasteiger partial charge is 0.252 e. The number of phenols is 2. The molecule has 0 atom stereocenters. The largest absolute Gasteiger partial charge is 0.504 e. The molecule has 0 fully saturated rings. The average Bonchev–Trinajstić information content (AvgIpc) is 2.76. The van der Waals surface area contributed by atoms with Crippen molar-refractivity contribution in [2.45, 2.75) is 6.92 Å². The minimum atomic E-state index is -0.203. The first kappa shape index (κ1) is 15.0. The Kier molecular flexibility index (Phi) is 4.14. The number of aryl methyl sites for hydroxylation is 1. The Balaban J connectivity index is 0.00000147. The van der Waals surface area contributed by atoms with Crippen molar-refractivity contribution in [1.29, 1.82) is 0 Å². The van der Waals surface area contributed by atoms with Crippen LogP contribution in [0, 0.1) is 11.6 Å². The molecule has 0 unspecified atom stereocenters. The van der Waals surface area contributed by atoms with Gasteiger partial charge in [0.2, 0.25) is 0 Å². The molecule has 6 nitrogen and oxygen atoms in total. The van der Waals surface area contributed by atoms with Gasteiger partial charge in [-0.1, -0.05) is 12.2 Å². The number of aromatic amines is 1. The fourth-order valence-electron chi connectivity index (χ4n) is 1.79. The second-order valence-corrected chi connectivity index (χ2v) is 4.57. The standard InChI is InChI=1S/C12H10N4O2S.Na/c1-6-4-10(19)16-12(13-6)14-11(15-16)7-2-3-8(17)9(18)5-7;/h2-5,17-18H,1H3,(H,13,14,15);. The van der Waals surface area contributed by atoms with E-state index in [2.05, 4.69) is 15.1 Å². The van der Waals surface area contributed by atoms with Crippen molar-refractivity contribution in [1.82, 2.24) is 19.6 Å². The number of fused-ring (bicyclic) bond motifs is 1. The Bertz CT molecular complexity index is 843. The van der Waals surface area contributed by atoms with Crippen LogP contribution in [0.3, 0.4) is 0 Å². The van der Waals surface area contributed by atoms with E-state index >= 15 is 0 Å². The van der Waals surface area contributed by atoms with Gasteiger partial charge in [-0.15, -0.1) is 0 Å². The first-order valence-corrected chi connectivity index (χ1v) is 5.94. The van der Waals surface area contributed by atoms with Gasteiger partial charge in [-0.05, 0) is 31.2 Å². The summed E-state index contributed by atoms with van der Waals surface area (Å²) >= 11 is 5.21. The van der Waals surface area contributed by atoms with Crippen molar-refractivity contribution in [3.05, 3.63) is 34.6 Å². The van der Waals surface area contributed by atoms with E-state index in [9.17, 15) is 10.2 Å². The average molecular weight is 297 g/mol. The Labute approximate surface area is 141 Å². The Morgan fingerprint density at radius 1 is 1.15 bits per heavy atom. The van der Waals surface area contributed by atoms with E-state index in [1.807, 2.05) is 6.92 Å². The summed E-state index contributed by atoms with van der Waals surface area (Å²) in [5, 5.41) is 21.8. The van der Waals surface area contributed by atoms with Crippen LogP contribution < -0.4 is 0 Å². The van der Waals surface area contributed by atoms with E-state index in [-0.39, 0.29) is 41.1 Å². The maximum absolute atomic E-state index is 9.50. The number of aromatic hydroxyl groups is 2. The number of benzene rings is 1. The molecular formula is C12H10N4NaO2S. The van der Waals surface area contributed by atoms with Crippen LogP contribution in [0.5, 0.6) is 11.5 Å². The fourth-order valence-corrected chi connectivity index (χ4v) is 2.09. The van der Waals surface area contributed by atoms with Crippen molar-refractivity contribution in [2.24, 2.45) is 0 Å². The summed E-state index contributed by atoms with van der Waals surface area (Å²) in [6, 6.07) is 6.22. The van der Waals surface area contributed by atoms with Gasteiger partial charge in [0, 0.05) is 40.8 Å². The molecule has 1 aromatic carbocycles. The third kappa shape index (κ3) is 2.57. The molecule has 0 bridgehead atoms. The molecule has 0 saturated carbocycles. The normalized spacial score (nSPS) is 10.4. The van der Waals surface area contributed by atoms with E-state index < -0.39 is 0 Å². The van der Waals surface area contributed by atoms with Crippen LogP contribution in [0.2, 0.25) is 0 Å². The molecule has 0 aliphatic heterocycles. The van der Waals surface area contributed by atoms with E-state index in [0.717, 1.165) is 5.69 Å². The van der Waals surface area contributed by atoms with Crippen molar-refractivity contribution in [2.75, 3.05) is 0 Å². The van der Waals surface area contributed by atoms with E-state index in [1.165, 1.54) is 12.1 Å². The van der Waals surface area contributed by atoms with Gasteiger partial charge in [-0.3, -0.25) is 5.10 Å². The Morgan fingerprint density at radius 2 is 1.90 bits per heavy atom. The maximum Gasteiger partial charge on any atom is 0.252 e. The number of aromatic nitrogens is 4. The summed E-state index contributed by atoms with van der Waals surface area (Å²) in [5.74, 6) is 0.600. The summed E-state index contributed by atoms with van der Waals surface area (Å²) in [4.78, 5) is 8.58. The molecule has 2 aromatic heterocycles. The van der Waals surface area contributed by atoms with Crippen LogP contribution in [-0.2, 0) is 0 Å². The molecule has 2 heterocycles. The topological polar surface area (TPSA) is 86.4 Å². The minimum absolute atomic E-state index is 0. The van der Waals surface area contributed by atoms with Crippen LogP contribution in [0.4, 0.5) is 0 Å². The van der Waals surface area contributed by atoms with Gasteiger partial charge in [0.25, 0.3) is 5.78 Å². The number of H-pyrrole nitrogens is 1. The molecule has 3 N–H and O–H groups in total. The zero-order valence-corrected chi connectivity index (χ0v) is 13.8. The van der Waals surface area contributed by atoms with Crippen LogP contribution >= 0.6 is 12.2 Å². The molecule has 0 saturated heterocycles. The first-order valence-electron chi connectivity index (χ1n) is 5.53. The molecule has 0 aliphatic carbocycles. The van der Waals surface area contributed by atoms with Crippen LogP contribution in [0.15, 0.2) is 24.3 Å². The molecule has 3 aromatic rings. The van der Waals surface area contributed by atoms with Gasteiger partial charge in [0.15, 0.2) is 17.3 Å². The fraction of sp³-hybridized carbons (Fsp3) is 0.0833. The molecule has 0 amide bonds. The van der Waals surface area contributed by atoms with Gasteiger partial charge in [0.05, 0.1) is 0 Å². The second-order valence-electron chi connectivity index (χ2n) is 4.15. The summed E-state index contributed by atoms with van der Waals surface area (Å²) in [5.41, 5.74) is 1.42. The number of phenolic OH excluding ortho intramolecular Hbond substituents is 2. The van der Waals surface area contributed by atoms with Crippen LogP contribution in [-0.4, -0.2) is 59.4 Å². The summed E-state index contributed by atoms with van der Waals surface area (Å²) in [7, 11) is 0. The Morgan fingerprint density at radius 3 is 2.60 bits per heavy atom. The van der Waals surface area contributed by atoms with Gasteiger partial charge in [0.1, 0.15) is 4.64 Å². The van der Waals surface area contributed by atoms with Gasteiger partial charge < -0.3 is 10.2 Å². The Hall–Kier alpha value is -1.41. The monoisotopic (exact) mass is 297 g/mol. The van der Waals surface area contributed by atoms with Gasteiger partial charge >= 0.3 is 0 Å². The third-order valence-corrected chi connectivity index (χ3v) is 3.01. The van der Waals surface area contributed by atoms with Crippen molar-refractivity contribution in [3.8, 4) is 22.9 Å².